The third kappa shape index (κ3) is 10.2. The van der Waals surface area contributed by atoms with E-state index in [4.69, 9.17) is 28.8 Å². The molecule has 0 unspecified atom stereocenters. The standard InChI is InChI=1S/C10H15NO2.ClHO4/c12-8-6-11(7-9-13)10-4-2-1-3-5-10;2-1(3,4)5/h1-5,12-13H,6-9H2;(H,2,3,4,5). The van der Waals surface area contributed by atoms with E-state index in [0.29, 0.717) is 13.1 Å². The van der Waals surface area contributed by atoms with E-state index in [1.165, 1.54) is 0 Å². The number of para-hydroxylation sites is 1. The van der Waals surface area contributed by atoms with Gasteiger partial charge < -0.3 is 15.1 Å². The summed E-state index contributed by atoms with van der Waals surface area (Å²) < 4.78 is 32.7. The summed E-state index contributed by atoms with van der Waals surface area (Å²) in [6, 6.07) is 9.75. The van der Waals surface area contributed by atoms with Crippen LogP contribution in [0.3, 0.4) is 0 Å². The second-order valence-electron chi connectivity index (χ2n) is 3.17. The van der Waals surface area contributed by atoms with Gasteiger partial charge in [-0.3, -0.25) is 0 Å². The molecule has 0 saturated carbocycles. The number of anilines is 1. The van der Waals surface area contributed by atoms with Crippen LogP contribution in [0.5, 0.6) is 0 Å². The molecule has 18 heavy (non-hydrogen) atoms. The third-order valence-corrected chi connectivity index (χ3v) is 1.86. The van der Waals surface area contributed by atoms with Crippen LogP contribution < -0.4 is 18.9 Å². The van der Waals surface area contributed by atoms with Crippen molar-refractivity contribution in [2.45, 2.75) is 0 Å². The first kappa shape index (κ1) is 17.1. The van der Waals surface area contributed by atoms with Gasteiger partial charge in [0.15, 0.2) is 0 Å². The fourth-order valence-corrected chi connectivity index (χ4v) is 1.25. The van der Waals surface area contributed by atoms with E-state index in [0.717, 1.165) is 5.69 Å². The molecule has 0 radical (unpaired) electrons. The van der Waals surface area contributed by atoms with Crippen LogP contribution in [0.2, 0.25) is 0 Å². The van der Waals surface area contributed by atoms with Gasteiger partial charge in [-0.15, -0.1) is 0 Å². The zero-order chi connectivity index (χ0) is 14.0. The lowest BCUT2D eigenvalue weighted by Crippen LogP contribution is -2.58. The van der Waals surface area contributed by atoms with Crippen molar-refractivity contribution < 1.29 is 39.1 Å². The highest BCUT2D eigenvalue weighted by atomic mass is 35.7. The van der Waals surface area contributed by atoms with Crippen molar-refractivity contribution in [3.8, 4) is 0 Å². The maximum Gasteiger partial charge on any atom is 0.0777 e. The van der Waals surface area contributed by atoms with Crippen LogP contribution in [-0.4, -0.2) is 41.2 Å². The van der Waals surface area contributed by atoms with Crippen molar-refractivity contribution in [1.82, 2.24) is 0 Å². The van der Waals surface area contributed by atoms with E-state index >= 15 is 0 Å². The topological polar surface area (TPSA) is 133 Å². The molecule has 0 amide bonds. The lowest BCUT2D eigenvalue weighted by atomic mass is 10.3. The third-order valence-electron chi connectivity index (χ3n) is 1.86. The summed E-state index contributed by atoms with van der Waals surface area (Å²) in [4.78, 5) is 1.94. The molecule has 1 aromatic rings. The van der Waals surface area contributed by atoms with E-state index < -0.39 is 10.2 Å². The van der Waals surface area contributed by atoms with Gasteiger partial charge in [0.25, 0.3) is 0 Å². The normalized spacial score (nSPS) is 10.6. The number of nitrogens with zero attached hydrogens (tertiary/aromatic N) is 1. The number of benzene rings is 1. The Balaban J connectivity index is 0.000000494. The molecule has 0 heterocycles. The quantitative estimate of drug-likeness (QED) is 0.507. The van der Waals surface area contributed by atoms with Crippen molar-refractivity contribution in [3.63, 3.8) is 0 Å². The first-order chi connectivity index (χ1) is 8.38. The van der Waals surface area contributed by atoms with Gasteiger partial charge in [0.05, 0.1) is 28.1 Å². The van der Waals surface area contributed by atoms with Gasteiger partial charge in [-0.25, -0.2) is 0 Å². The fourth-order valence-electron chi connectivity index (χ4n) is 1.25. The number of hydrogen-bond acceptors (Lipinski definition) is 7. The van der Waals surface area contributed by atoms with E-state index in [1.807, 2.05) is 35.2 Å². The van der Waals surface area contributed by atoms with Crippen LogP contribution in [0.4, 0.5) is 5.69 Å². The Kier molecular flexibility index (Phi) is 8.59. The van der Waals surface area contributed by atoms with Crippen molar-refractivity contribution >= 4 is 5.69 Å². The van der Waals surface area contributed by atoms with Crippen LogP contribution >= 0.6 is 0 Å². The summed E-state index contributed by atoms with van der Waals surface area (Å²) in [6.07, 6.45) is 0. The zero-order valence-electron chi connectivity index (χ0n) is 9.61. The molecule has 0 saturated heterocycles. The number of aliphatic hydroxyl groups excluding tert-OH is 2. The van der Waals surface area contributed by atoms with Gasteiger partial charge in [0, 0.05) is 18.8 Å². The largest absolute Gasteiger partial charge is 0.395 e. The zero-order valence-corrected chi connectivity index (χ0v) is 10.4. The highest BCUT2D eigenvalue weighted by Crippen LogP contribution is 2.11. The molecule has 0 aromatic heterocycles. The monoisotopic (exact) mass is 281 g/mol. The van der Waals surface area contributed by atoms with E-state index in [2.05, 4.69) is 0 Å². The second-order valence-corrected chi connectivity index (χ2v) is 3.96. The SMILES string of the molecule is OCCN(CCO)c1ccccc1.[O-][Cl+3]([O-])([O-])O. The van der Waals surface area contributed by atoms with Crippen molar-refractivity contribution in [2.24, 2.45) is 0 Å². The molecule has 3 N–H and O–H groups in total. The summed E-state index contributed by atoms with van der Waals surface area (Å²) in [5.74, 6) is 0. The van der Waals surface area contributed by atoms with Gasteiger partial charge >= 0.3 is 0 Å². The summed E-state index contributed by atoms with van der Waals surface area (Å²) in [5.41, 5.74) is 1.03. The maximum absolute atomic E-state index is 8.80. The minimum absolute atomic E-state index is 0.106. The molecule has 0 aliphatic heterocycles. The summed E-state index contributed by atoms with van der Waals surface area (Å²) >= 11 is 0. The minimum atomic E-state index is -4.69. The van der Waals surface area contributed by atoms with Crippen LogP contribution in [0.1, 0.15) is 0 Å². The van der Waals surface area contributed by atoms with Crippen LogP contribution in [0, 0.1) is 10.2 Å². The molecule has 8 heteroatoms. The molecule has 0 aliphatic carbocycles. The highest BCUT2D eigenvalue weighted by Gasteiger charge is 2.02. The molecule has 0 fully saturated rings. The smallest absolute Gasteiger partial charge is 0.0777 e. The molecule has 0 atom stereocenters. The maximum atomic E-state index is 8.80. The molecule has 0 bridgehead atoms. The molecule has 1 rings (SSSR count). The molecule has 7 nitrogen and oxygen atoms in total. The van der Waals surface area contributed by atoms with Crippen molar-refractivity contribution in [1.29, 1.82) is 0 Å². The first-order valence-electron chi connectivity index (χ1n) is 5.03. The molecule has 1 aromatic carbocycles. The Labute approximate surface area is 107 Å². The van der Waals surface area contributed by atoms with Crippen LogP contribution in [0.15, 0.2) is 30.3 Å². The Morgan fingerprint density at radius 3 is 1.67 bits per heavy atom. The van der Waals surface area contributed by atoms with Gasteiger partial charge in [0.1, 0.15) is 0 Å². The fraction of sp³-hybridized carbons (Fsp3) is 0.400. The summed E-state index contributed by atoms with van der Waals surface area (Å²) in [5, 5.41) is 17.6. The van der Waals surface area contributed by atoms with Crippen molar-refractivity contribution in [3.05, 3.63) is 30.3 Å². The number of aliphatic hydroxyl groups is 2. The molecule has 0 aliphatic rings. The van der Waals surface area contributed by atoms with Gasteiger partial charge in [0.2, 0.25) is 0 Å². The highest BCUT2D eigenvalue weighted by molar-refractivity contribution is 5.45. The Morgan fingerprint density at radius 1 is 0.944 bits per heavy atom. The van der Waals surface area contributed by atoms with Crippen LogP contribution in [0.25, 0.3) is 0 Å². The van der Waals surface area contributed by atoms with E-state index in [1.54, 1.807) is 0 Å². The van der Waals surface area contributed by atoms with Gasteiger partial charge in [-0.05, 0) is 12.1 Å². The minimum Gasteiger partial charge on any atom is -0.395 e. The predicted octanol–water partition coefficient (Wildman–Crippen LogP) is -3.65. The summed E-state index contributed by atoms with van der Waals surface area (Å²) in [6.45, 7) is 1.33. The van der Waals surface area contributed by atoms with E-state index in [-0.39, 0.29) is 13.2 Å². The number of halogens is 1. The van der Waals surface area contributed by atoms with Crippen molar-refractivity contribution in [2.75, 3.05) is 31.2 Å². The molecule has 104 valence electrons. The summed E-state index contributed by atoms with van der Waals surface area (Å²) in [7, 11) is -4.69. The van der Waals surface area contributed by atoms with Crippen LogP contribution in [-0.2, 0) is 0 Å². The average molecular weight is 282 g/mol. The first-order valence-corrected chi connectivity index (χ1v) is 6.30. The number of hydrogen-bond donors (Lipinski definition) is 3. The average Bonchev–Trinajstić information content (AvgIpc) is 2.28. The lowest BCUT2D eigenvalue weighted by Gasteiger charge is -2.22. The predicted molar refractivity (Wildman–Crippen MR) is 55.0 cm³/mol. The molecular weight excluding hydrogens is 266 g/mol. The Bertz CT molecular complexity index is 293. The Morgan fingerprint density at radius 2 is 1.33 bits per heavy atom. The molecular formula is C10H16ClNO6. The van der Waals surface area contributed by atoms with Gasteiger partial charge in [-0.1, -0.05) is 18.2 Å². The van der Waals surface area contributed by atoms with E-state index in [9.17, 15) is 0 Å². The van der Waals surface area contributed by atoms with Gasteiger partial charge in [-0.2, -0.15) is 14.0 Å². The molecule has 0 spiro atoms. The second kappa shape index (κ2) is 9.06. The Hall–Kier alpha value is -0.930. The lowest BCUT2D eigenvalue weighted by molar-refractivity contribution is -1.92. The number of rotatable bonds is 5.